The average Bonchev–Trinajstić information content (AvgIpc) is 2.23. The summed E-state index contributed by atoms with van der Waals surface area (Å²) in [7, 11) is 1.60. The Bertz CT molecular complexity index is 376. The van der Waals surface area contributed by atoms with Gasteiger partial charge in [0.2, 0.25) is 0 Å². The Morgan fingerprint density at radius 1 is 1.56 bits per heavy atom. The van der Waals surface area contributed by atoms with E-state index >= 15 is 0 Å². The second-order valence-electron chi connectivity index (χ2n) is 3.00. The number of halogens is 2. The van der Waals surface area contributed by atoms with Gasteiger partial charge < -0.3 is 15.4 Å². The Balaban J connectivity index is 2.49. The van der Waals surface area contributed by atoms with E-state index in [2.05, 4.69) is 26.6 Å². The smallest absolute Gasteiger partial charge is 0.170 e. The molecule has 0 spiro atoms. The zero-order valence-corrected chi connectivity index (χ0v) is 11.1. The molecule has 3 nitrogen and oxygen atoms in total. The number of methoxy groups -OCH3 is 1. The van der Waals surface area contributed by atoms with Crippen molar-refractivity contribution in [2.75, 3.05) is 25.6 Å². The molecule has 16 heavy (non-hydrogen) atoms. The van der Waals surface area contributed by atoms with Crippen LogP contribution in [0.5, 0.6) is 0 Å². The van der Waals surface area contributed by atoms with E-state index in [0.29, 0.717) is 28.4 Å². The fraction of sp³-hybridized carbons (Fsp3) is 0.300. The lowest BCUT2D eigenvalue weighted by Gasteiger charge is -2.10. The molecular weight excluding hydrogens is 295 g/mol. The first-order valence-corrected chi connectivity index (χ1v) is 5.82. The van der Waals surface area contributed by atoms with E-state index in [9.17, 15) is 4.39 Å². The maximum Gasteiger partial charge on any atom is 0.170 e. The number of rotatable bonds is 4. The van der Waals surface area contributed by atoms with Gasteiger partial charge in [-0.1, -0.05) is 15.9 Å². The van der Waals surface area contributed by atoms with Gasteiger partial charge in [0.15, 0.2) is 5.11 Å². The van der Waals surface area contributed by atoms with E-state index in [0.717, 1.165) is 0 Å². The monoisotopic (exact) mass is 306 g/mol. The molecule has 0 saturated heterocycles. The van der Waals surface area contributed by atoms with Gasteiger partial charge in [-0.05, 0) is 30.4 Å². The van der Waals surface area contributed by atoms with Gasteiger partial charge in [-0.2, -0.15) is 0 Å². The zero-order chi connectivity index (χ0) is 12.0. The van der Waals surface area contributed by atoms with E-state index in [1.165, 1.54) is 6.07 Å². The number of ether oxygens (including phenoxy) is 1. The third kappa shape index (κ3) is 4.42. The second-order valence-corrected chi connectivity index (χ2v) is 4.32. The average molecular weight is 307 g/mol. The lowest BCUT2D eigenvalue weighted by molar-refractivity contribution is 0.204. The highest BCUT2D eigenvalue weighted by molar-refractivity contribution is 9.10. The molecule has 0 aliphatic carbocycles. The first-order chi connectivity index (χ1) is 7.63. The Labute approximate surface area is 107 Å². The summed E-state index contributed by atoms with van der Waals surface area (Å²) in [5.41, 5.74) is 0.345. The number of thiocarbonyl (C=S) groups is 1. The molecule has 0 unspecified atom stereocenters. The van der Waals surface area contributed by atoms with Crippen molar-refractivity contribution >= 4 is 38.9 Å². The Hall–Kier alpha value is -0.720. The molecule has 0 aliphatic heterocycles. The number of nitrogens with one attached hydrogen (secondary N) is 2. The number of hydrogen-bond donors (Lipinski definition) is 2. The molecule has 0 aromatic heterocycles. The molecule has 2 N–H and O–H groups in total. The van der Waals surface area contributed by atoms with Crippen LogP contribution in [0.4, 0.5) is 10.1 Å². The predicted molar refractivity (Wildman–Crippen MR) is 70.2 cm³/mol. The lowest BCUT2D eigenvalue weighted by atomic mass is 10.3. The third-order valence-corrected chi connectivity index (χ3v) is 2.51. The van der Waals surface area contributed by atoms with Crippen LogP contribution in [-0.4, -0.2) is 25.4 Å². The summed E-state index contributed by atoms with van der Waals surface area (Å²) >= 11 is 8.17. The number of hydrogen-bond acceptors (Lipinski definition) is 2. The van der Waals surface area contributed by atoms with Crippen molar-refractivity contribution in [3.05, 3.63) is 28.5 Å². The first-order valence-electron chi connectivity index (χ1n) is 4.62. The molecular formula is C10H12BrFN2OS. The van der Waals surface area contributed by atoms with Gasteiger partial charge in [-0.15, -0.1) is 0 Å². The molecule has 1 aromatic carbocycles. The molecule has 0 atom stereocenters. The van der Waals surface area contributed by atoms with E-state index in [-0.39, 0.29) is 5.82 Å². The molecule has 0 aliphatic rings. The highest BCUT2D eigenvalue weighted by Crippen LogP contribution is 2.19. The molecule has 0 fully saturated rings. The minimum atomic E-state index is -0.356. The predicted octanol–water partition coefficient (Wildman–Crippen LogP) is 2.52. The van der Waals surface area contributed by atoms with Crippen LogP contribution in [0.2, 0.25) is 0 Å². The van der Waals surface area contributed by atoms with E-state index < -0.39 is 0 Å². The Kier molecular flexibility index (Phi) is 5.65. The van der Waals surface area contributed by atoms with E-state index in [1.807, 2.05) is 0 Å². The standard InChI is InChI=1S/C10H12BrFN2OS/c1-15-5-4-13-10(16)14-9-3-2-7(11)6-8(9)12/h2-3,6H,4-5H2,1H3,(H2,13,14,16). The van der Waals surface area contributed by atoms with Gasteiger partial charge in [0.1, 0.15) is 5.82 Å². The molecule has 1 aromatic rings. The minimum absolute atomic E-state index is 0.345. The van der Waals surface area contributed by atoms with Crippen molar-refractivity contribution in [2.24, 2.45) is 0 Å². The summed E-state index contributed by atoms with van der Waals surface area (Å²) in [4.78, 5) is 0. The Morgan fingerprint density at radius 3 is 2.94 bits per heavy atom. The number of benzene rings is 1. The fourth-order valence-corrected chi connectivity index (χ4v) is 1.57. The summed E-state index contributed by atoms with van der Waals surface area (Å²) in [6.07, 6.45) is 0. The topological polar surface area (TPSA) is 33.3 Å². The maximum atomic E-state index is 13.4. The van der Waals surface area contributed by atoms with Crippen LogP contribution in [0.3, 0.4) is 0 Å². The van der Waals surface area contributed by atoms with E-state index in [1.54, 1.807) is 19.2 Å². The summed E-state index contributed by atoms with van der Waals surface area (Å²) in [5, 5.41) is 6.03. The first kappa shape index (κ1) is 13.3. The van der Waals surface area contributed by atoms with Crippen LogP contribution >= 0.6 is 28.1 Å². The van der Waals surface area contributed by atoms with Crippen LogP contribution in [0.25, 0.3) is 0 Å². The van der Waals surface area contributed by atoms with Crippen LogP contribution in [0.1, 0.15) is 0 Å². The van der Waals surface area contributed by atoms with Crippen molar-refractivity contribution in [2.45, 2.75) is 0 Å². The molecule has 0 amide bonds. The van der Waals surface area contributed by atoms with Gasteiger partial charge in [0, 0.05) is 18.1 Å². The molecule has 1 rings (SSSR count). The number of anilines is 1. The lowest BCUT2D eigenvalue weighted by Crippen LogP contribution is -2.31. The Morgan fingerprint density at radius 2 is 2.31 bits per heavy atom. The minimum Gasteiger partial charge on any atom is -0.383 e. The normalized spacial score (nSPS) is 9.94. The maximum absolute atomic E-state index is 13.4. The molecule has 88 valence electrons. The SMILES string of the molecule is COCCNC(=S)Nc1ccc(Br)cc1F. The van der Waals surface area contributed by atoms with Crippen molar-refractivity contribution in [1.82, 2.24) is 5.32 Å². The molecule has 0 heterocycles. The van der Waals surface area contributed by atoms with Gasteiger partial charge in [0.05, 0.1) is 12.3 Å². The highest BCUT2D eigenvalue weighted by Gasteiger charge is 2.03. The summed E-state index contributed by atoms with van der Waals surface area (Å²) in [6, 6.07) is 4.73. The van der Waals surface area contributed by atoms with Crippen LogP contribution < -0.4 is 10.6 Å². The molecule has 6 heteroatoms. The fourth-order valence-electron chi connectivity index (χ4n) is 1.02. The van der Waals surface area contributed by atoms with Crippen molar-refractivity contribution < 1.29 is 9.13 Å². The van der Waals surface area contributed by atoms with Gasteiger partial charge in [-0.3, -0.25) is 0 Å². The largest absolute Gasteiger partial charge is 0.383 e. The van der Waals surface area contributed by atoms with Gasteiger partial charge in [-0.25, -0.2) is 4.39 Å². The quantitative estimate of drug-likeness (QED) is 0.661. The van der Waals surface area contributed by atoms with E-state index in [4.69, 9.17) is 17.0 Å². The van der Waals surface area contributed by atoms with Crippen LogP contribution in [0.15, 0.2) is 22.7 Å². The summed E-state index contributed by atoms with van der Waals surface area (Å²) in [5.74, 6) is -0.356. The summed E-state index contributed by atoms with van der Waals surface area (Å²) < 4.78 is 18.9. The van der Waals surface area contributed by atoms with Crippen molar-refractivity contribution in [3.8, 4) is 0 Å². The van der Waals surface area contributed by atoms with Crippen molar-refractivity contribution in [1.29, 1.82) is 0 Å². The van der Waals surface area contributed by atoms with Gasteiger partial charge in [0.25, 0.3) is 0 Å². The summed E-state index contributed by atoms with van der Waals surface area (Å²) in [6.45, 7) is 1.13. The molecule has 0 radical (unpaired) electrons. The van der Waals surface area contributed by atoms with Gasteiger partial charge >= 0.3 is 0 Å². The second kappa shape index (κ2) is 6.78. The van der Waals surface area contributed by atoms with Crippen LogP contribution in [0, 0.1) is 5.82 Å². The van der Waals surface area contributed by atoms with Crippen LogP contribution in [-0.2, 0) is 4.74 Å². The zero-order valence-electron chi connectivity index (χ0n) is 8.72. The third-order valence-electron chi connectivity index (χ3n) is 1.77. The van der Waals surface area contributed by atoms with Crippen molar-refractivity contribution in [3.63, 3.8) is 0 Å². The highest BCUT2D eigenvalue weighted by atomic mass is 79.9. The molecule has 0 bridgehead atoms. The molecule has 0 saturated carbocycles.